The van der Waals surface area contributed by atoms with E-state index in [4.69, 9.17) is 15.7 Å². The molecule has 5 rings (SSSR count). The van der Waals surface area contributed by atoms with Gasteiger partial charge in [0.2, 0.25) is 0 Å². The van der Waals surface area contributed by atoms with Gasteiger partial charge in [0.15, 0.2) is 5.65 Å². The molecule has 152 valence electrons. The van der Waals surface area contributed by atoms with Crippen LogP contribution in [0.3, 0.4) is 0 Å². The number of nitrogen functional groups attached to an aromatic ring is 1. The summed E-state index contributed by atoms with van der Waals surface area (Å²) in [5.74, 6) is 0. The van der Waals surface area contributed by atoms with Crippen LogP contribution in [0.15, 0.2) is 69.0 Å². The van der Waals surface area contributed by atoms with Gasteiger partial charge in [-0.25, -0.2) is 9.97 Å². The molecular weight excluding hydrogens is 468 g/mol. The van der Waals surface area contributed by atoms with Crippen molar-refractivity contribution in [3.05, 3.63) is 75.9 Å². The molecule has 2 aromatic carbocycles. The standard InChI is InChI=1S/C25H19BrN4S/c26-16-8-6-7-15(13-16)21-19(14-27)25(31-17-9-2-1-3-10-17)30-24-22(21)23(28)18-11-4-5-12-20(18)29-24/h1-3,6-10,13H,4-5,11-12H2,(H2,28,29,30). The Morgan fingerprint density at radius 1 is 1.00 bits per heavy atom. The number of aryl methyl sites for hydroxylation is 1. The predicted octanol–water partition coefficient (Wildman–Crippen LogP) is 6.54. The van der Waals surface area contributed by atoms with E-state index in [-0.39, 0.29) is 0 Å². The van der Waals surface area contributed by atoms with Gasteiger partial charge in [0, 0.05) is 26.3 Å². The second-order valence-electron chi connectivity index (χ2n) is 7.56. The van der Waals surface area contributed by atoms with Gasteiger partial charge < -0.3 is 5.73 Å². The minimum absolute atomic E-state index is 0.531. The number of pyridine rings is 2. The van der Waals surface area contributed by atoms with Crippen molar-refractivity contribution in [2.45, 2.75) is 35.6 Å². The molecular formula is C25H19BrN4S. The summed E-state index contributed by atoms with van der Waals surface area (Å²) in [5, 5.41) is 11.7. The van der Waals surface area contributed by atoms with Crippen LogP contribution >= 0.6 is 27.7 Å². The summed E-state index contributed by atoms with van der Waals surface area (Å²) in [5.41, 5.74) is 12.5. The van der Waals surface area contributed by atoms with Crippen molar-refractivity contribution < 1.29 is 0 Å². The zero-order chi connectivity index (χ0) is 21.4. The van der Waals surface area contributed by atoms with Crippen molar-refractivity contribution in [1.29, 1.82) is 5.26 Å². The van der Waals surface area contributed by atoms with Crippen LogP contribution < -0.4 is 5.73 Å². The molecule has 0 radical (unpaired) electrons. The lowest BCUT2D eigenvalue weighted by Gasteiger charge is -2.21. The fourth-order valence-electron chi connectivity index (χ4n) is 4.18. The van der Waals surface area contributed by atoms with Crippen molar-refractivity contribution in [2.24, 2.45) is 0 Å². The number of rotatable bonds is 3. The third kappa shape index (κ3) is 3.69. The number of hydrogen-bond donors (Lipinski definition) is 1. The fraction of sp³-hybridized carbons (Fsp3) is 0.160. The SMILES string of the molecule is N#Cc1c(Sc2ccccc2)nc2nc3c(c(N)c2c1-c1cccc(Br)c1)CCCC3. The monoisotopic (exact) mass is 486 g/mol. The smallest absolute Gasteiger partial charge is 0.163 e. The average Bonchev–Trinajstić information content (AvgIpc) is 2.79. The summed E-state index contributed by atoms with van der Waals surface area (Å²) in [6.45, 7) is 0. The quantitative estimate of drug-likeness (QED) is 0.355. The van der Waals surface area contributed by atoms with Crippen LogP contribution in [0.5, 0.6) is 0 Å². The van der Waals surface area contributed by atoms with E-state index in [0.717, 1.165) is 68.5 Å². The Bertz CT molecular complexity index is 1350. The van der Waals surface area contributed by atoms with Crippen molar-refractivity contribution in [3.63, 3.8) is 0 Å². The third-order valence-electron chi connectivity index (χ3n) is 5.60. The third-order valence-corrected chi connectivity index (χ3v) is 7.09. The lowest BCUT2D eigenvalue weighted by molar-refractivity contribution is 0.672. The highest BCUT2D eigenvalue weighted by molar-refractivity contribution is 9.10. The fourth-order valence-corrected chi connectivity index (χ4v) is 5.48. The van der Waals surface area contributed by atoms with E-state index in [2.05, 4.69) is 22.0 Å². The summed E-state index contributed by atoms with van der Waals surface area (Å²) < 4.78 is 0.945. The lowest BCUT2D eigenvalue weighted by Crippen LogP contribution is -2.11. The number of nitrogens with zero attached hydrogens (tertiary/aromatic N) is 3. The number of halogens is 1. The minimum atomic E-state index is 0.531. The van der Waals surface area contributed by atoms with Gasteiger partial charge in [0.25, 0.3) is 0 Å². The maximum Gasteiger partial charge on any atom is 0.163 e. The van der Waals surface area contributed by atoms with Gasteiger partial charge in [0.1, 0.15) is 11.1 Å². The Kier molecular flexibility index (Phi) is 5.39. The first-order valence-corrected chi connectivity index (χ1v) is 11.8. The highest BCUT2D eigenvalue weighted by Gasteiger charge is 2.24. The van der Waals surface area contributed by atoms with Crippen molar-refractivity contribution in [1.82, 2.24) is 9.97 Å². The minimum Gasteiger partial charge on any atom is -0.398 e. The number of benzene rings is 2. The Hall–Kier alpha value is -2.88. The predicted molar refractivity (Wildman–Crippen MR) is 129 cm³/mol. The topological polar surface area (TPSA) is 75.6 Å². The highest BCUT2D eigenvalue weighted by atomic mass is 79.9. The van der Waals surface area contributed by atoms with E-state index in [9.17, 15) is 5.26 Å². The second-order valence-corrected chi connectivity index (χ2v) is 9.54. The van der Waals surface area contributed by atoms with Gasteiger partial charge in [-0.2, -0.15) is 5.26 Å². The van der Waals surface area contributed by atoms with Gasteiger partial charge in [0.05, 0.1) is 10.9 Å². The average molecular weight is 487 g/mol. The Labute approximate surface area is 193 Å². The van der Waals surface area contributed by atoms with Crippen LogP contribution in [-0.2, 0) is 12.8 Å². The molecule has 0 atom stereocenters. The molecule has 6 heteroatoms. The molecule has 0 amide bonds. The normalized spacial score (nSPS) is 13.0. The molecule has 0 aliphatic heterocycles. The van der Waals surface area contributed by atoms with E-state index >= 15 is 0 Å². The van der Waals surface area contributed by atoms with Gasteiger partial charge in [-0.05, 0) is 61.1 Å². The number of nitriles is 1. The van der Waals surface area contributed by atoms with Crippen LogP contribution in [0.25, 0.3) is 22.2 Å². The molecule has 2 N–H and O–H groups in total. The summed E-state index contributed by atoms with van der Waals surface area (Å²) in [7, 11) is 0. The molecule has 0 bridgehead atoms. The molecule has 0 unspecified atom stereocenters. The molecule has 1 aliphatic carbocycles. The van der Waals surface area contributed by atoms with E-state index < -0.39 is 0 Å². The van der Waals surface area contributed by atoms with Crippen LogP contribution in [0, 0.1) is 11.3 Å². The van der Waals surface area contributed by atoms with Crippen LogP contribution in [0.4, 0.5) is 5.69 Å². The molecule has 0 fully saturated rings. The Morgan fingerprint density at radius 2 is 1.81 bits per heavy atom. The zero-order valence-corrected chi connectivity index (χ0v) is 19.1. The summed E-state index contributed by atoms with van der Waals surface area (Å²) in [6, 6.07) is 20.4. The van der Waals surface area contributed by atoms with Crippen LogP contribution in [0.1, 0.15) is 29.7 Å². The maximum atomic E-state index is 10.2. The molecule has 4 nitrogen and oxygen atoms in total. The zero-order valence-electron chi connectivity index (χ0n) is 16.7. The van der Waals surface area contributed by atoms with Crippen molar-refractivity contribution >= 4 is 44.4 Å². The molecule has 4 aromatic rings. The van der Waals surface area contributed by atoms with Crippen molar-refractivity contribution in [3.8, 4) is 17.2 Å². The first kappa shape index (κ1) is 20.0. The summed E-state index contributed by atoms with van der Waals surface area (Å²) in [4.78, 5) is 10.8. The number of fused-ring (bicyclic) bond motifs is 2. The number of nitrogens with two attached hydrogens (primary N) is 1. The summed E-state index contributed by atoms with van der Waals surface area (Å²) in [6.07, 6.45) is 4.07. The lowest BCUT2D eigenvalue weighted by atomic mass is 9.90. The van der Waals surface area contributed by atoms with Gasteiger partial charge in [-0.3, -0.25) is 0 Å². The molecule has 0 saturated heterocycles. The van der Waals surface area contributed by atoms with E-state index in [1.54, 1.807) is 0 Å². The molecule has 2 heterocycles. The molecule has 31 heavy (non-hydrogen) atoms. The number of hydrogen-bond acceptors (Lipinski definition) is 5. The van der Waals surface area contributed by atoms with Crippen molar-refractivity contribution in [2.75, 3.05) is 5.73 Å². The highest BCUT2D eigenvalue weighted by Crippen LogP contribution is 2.42. The Morgan fingerprint density at radius 3 is 2.58 bits per heavy atom. The molecule has 0 saturated carbocycles. The Balaban J connectivity index is 1.86. The van der Waals surface area contributed by atoms with Gasteiger partial charge in [-0.1, -0.05) is 58.0 Å². The number of aromatic nitrogens is 2. The van der Waals surface area contributed by atoms with Gasteiger partial charge >= 0.3 is 0 Å². The van der Waals surface area contributed by atoms with Crippen LogP contribution in [0.2, 0.25) is 0 Å². The molecule has 1 aliphatic rings. The van der Waals surface area contributed by atoms with E-state index in [1.807, 2.05) is 54.6 Å². The van der Waals surface area contributed by atoms with E-state index in [1.165, 1.54) is 11.8 Å². The first-order valence-electron chi connectivity index (χ1n) is 10.2. The van der Waals surface area contributed by atoms with E-state index in [0.29, 0.717) is 16.2 Å². The largest absolute Gasteiger partial charge is 0.398 e. The first-order chi connectivity index (χ1) is 15.2. The maximum absolute atomic E-state index is 10.2. The van der Waals surface area contributed by atoms with Gasteiger partial charge in [-0.15, -0.1) is 0 Å². The molecule has 0 spiro atoms. The molecule has 2 aromatic heterocycles. The summed E-state index contributed by atoms with van der Waals surface area (Å²) >= 11 is 5.05. The second kappa shape index (κ2) is 8.33. The van der Waals surface area contributed by atoms with Crippen LogP contribution in [-0.4, -0.2) is 9.97 Å². The number of anilines is 1.